The lowest BCUT2D eigenvalue weighted by molar-refractivity contribution is 0.624. The van der Waals surface area contributed by atoms with Crippen molar-refractivity contribution in [2.75, 3.05) is 0 Å². The summed E-state index contributed by atoms with van der Waals surface area (Å²) >= 11 is 2.00. The van der Waals surface area contributed by atoms with Gasteiger partial charge in [-0.15, -0.1) is 11.3 Å². The topological polar surface area (TPSA) is 4.93 Å². The summed E-state index contributed by atoms with van der Waals surface area (Å²) in [5.74, 6) is 0.133. The maximum Gasteiger partial charge on any atom is 0.0538 e. The van der Waals surface area contributed by atoms with Gasteiger partial charge >= 0.3 is 0 Å². The second-order valence-electron chi connectivity index (χ2n) is 12.8. The summed E-state index contributed by atoms with van der Waals surface area (Å²) in [6.07, 6.45) is 6.96. The highest BCUT2D eigenvalue weighted by molar-refractivity contribution is 7.19. The van der Waals surface area contributed by atoms with Gasteiger partial charge in [0.25, 0.3) is 0 Å². The van der Waals surface area contributed by atoms with Gasteiger partial charge in [-0.25, -0.2) is 0 Å². The lowest BCUT2D eigenvalue weighted by Gasteiger charge is -2.24. The number of aromatic nitrogens is 1. The molecular formula is C42H33NS. The van der Waals surface area contributed by atoms with Crippen LogP contribution in [0.3, 0.4) is 0 Å². The van der Waals surface area contributed by atoms with Gasteiger partial charge in [0.05, 0.1) is 5.52 Å². The lowest BCUT2D eigenvalue weighted by Crippen LogP contribution is -2.19. The third-order valence-corrected chi connectivity index (χ3v) is 11.3. The van der Waals surface area contributed by atoms with Crippen molar-refractivity contribution < 1.29 is 0 Å². The molecule has 0 bridgehead atoms. The van der Waals surface area contributed by atoms with Gasteiger partial charge in [0, 0.05) is 48.6 Å². The maximum absolute atomic E-state index is 2.52. The van der Waals surface area contributed by atoms with Crippen LogP contribution in [0.25, 0.3) is 43.9 Å². The molecule has 2 aliphatic rings. The molecule has 44 heavy (non-hydrogen) atoms. The highest BCUT2D eigenvalue weighted by atomic mass is 32.1. The first-order valence-electron chi connectivity index (χ1n) is 15.7. The number of para-hydroxylation sites is 1. The normalized spacial score (nSPS) is 15.3. The number of aryl methyl sites for hydroxylation is 1. The first kappa shape index (κ1) is 25.8. The summed E-state index contributed by atoms with van der Waals surface area (Å²) in [5, 5.41) is 2.73. The summed E-state index contributed by atoms with van der Waals surface area (Å²) in [5.41, 5.74) is 13.4. The molecule has 212 valence electrons. The number of benzene rings is 5. The summed E-state index contributed by atoms with van der Waals surface area (Å²) in [6.45, 7) is 4.77. The molecule has 0 spiro atoms. The summed E-state index contributed by atoms with van der Waals surface area (Å²) in [4.78, 5) is 1.52. The van der Waals surface area contributed by atoms with Gasteiger partial charge < -0.3 is 4.57 Å². The Morgan fingerprint density at radius 3 is 2.34 bits per heavy atom. The fraction of sp³-hybridized carbons (Fsp3) is 0.143. The molecule has 0 N–H and O–H groups in total. The molecule has 0 saturated carbocycles. The molecule has 1 nitrogen and oxygen atoms in total. The van der Waals surface area contributed by atoms with Crippen molar-refractivity contribution in [2.24, 2.45) is 0 Å². The molecule has 5 aromatic carbocycles. The number of hydrogen-bond donors (Lipinski definition) is 0. The van der Waals surface area contributed by atoms with E-state index in [1.165, 1.54) is 76.2 Å². The molecule has 0 saturated heterocycles. The highest BCUT2D eigenvalue weighted by Gasteiger charge is 2.41. The fourth-order valence-corrected chi connectivity index (χ4v) is 9.34. The Balaban J connectivity index is 1.34. The van der Waals surface area contributed by atoms with Crippen LogP contribution < -0.4 is 0 Å². The number of rotatable bonds is 4. The highest BCUT2D eigenvalue weighted by Crippen LogP contribution is 2.54. The molecule has 7 aromatic rings. The molecular weight excluding hydrogens is 551 g/mol. The zero-order valence-electron chi connectivity index (χ0n) is 25.0. The van der Waals surface area contributed by atoms with Gasteiger partial charge in [0.15, 0.2) is 0 Å². The minimum absolute atomic E-state index is 0.116. The van der Waals surface area contributed by atoms with Crippen LogP contribution in [0.4, 0.5) is 0 Å². The molecule has 2 aromatic heterocycles. The average molecular weight is 584 g/mol. The van der Waals surface area contributed by atoms with Gasteiger partial charge in [0.2, 0.25) is 0 Å². The van der Waals surface area contributed by atoms with Crippen LogP contribution >= 0.6 is 11.3 Å². The molecule has 0 aliphatic heterocycles. The van der Waals surface area contributed by atoms with Crippen molar-refractivity contribution in [1.29, 1.82) is 0 Å². The van der Waals surface area contributed by atoms with Gasteiger partial charge in [-0.1, -0.05) is 123 Å². The summed E-state index contributed by atoms with van der Waals surface area (Å²) < 4.78 is 3.95. The largest absolute Gasteiger partial charge is 0.312 e. The van der Waals surface area contributed by atoms with E-state index in [4.69, 9.17) is 0 Å². The van der Waals surface area contributed by atoms with Crippen LogP contribution in [0.1, 0.15) is 64.6 Å². The van der Waals surface area contributed by atoms with Gasteiger partial charge in [-0.3, -0.25) is 0 Å². The van der Waals surface area contributed by atoms with E-state index in [-0.39, 0.29) is 11.3 Å². The zero-order chi connectivity index (χ0) is 29.4. The van der Waals surface area contributed by atoms with Crippen molar-refractivity contribution >= 4 is 38.4 Å². The molecule has 2 heterocycles. The maximum atomic E-state index is 2.52. The third kappa shape index (κ3) is 3.64. The number of nitrogens with zero attached hydrogens (tertiary/aromatic N) is 1. The Morgan fingerprint density at radius 1 is 0.727 bits per heavy atom. The standard InChI is InChI=1S/C42H33NS/c1-42(2)35-22-11-9-19-32(35)39-34-26-28(24-25-36(34)43(41(39)42)29-16-7-4-8-17-29)38(27-14-5-3-6-15-27)33-21-13-20-31-30-18-10-12-23-37(30)44-40(31)33/h3-11,13-22,24-26,38H,12,23H2,1-2H3. The predicted molar refractivity (Wildman–Crippen MR) is 187 cm³/mol. The monoisotopic (exact) mass is 583 g/mol. The van der Waals surface area contributed by atoms with Crippen LogP contribution in [0.2, 0.25) is 0 Å². The van der Waals surface area contributed by atoms with Crippen molar-refractivity contribution in [3.8, 4) is 16.8 Å². The molecule has 1 atom stereocenters. The third-order valence-electron chi connectivity index (χ3n) is 9.93. The van der Waals surface area contributed by atoms with Crippen LogP contribution in [0.15, 0.2) is 127 Å². The Hall–Kier alpha value is -4.66. The van der Waals surface area contributed by atoms with E-state index >= 15 is 0 Å². The molecule has 0 amide bonds. The van der Waals surface area contributed by atoms with E-state index in [2.05, 4.69) is 152 Å². The van der Waals surface area contributed by atoms with E-state index in [0.717, 1.165) is 12.8 Å². The predicted octanol–water partition coefficient (Wildman–Crippen LogP) is 11.3. The Morgan fingerprint density at radius 2 is 1.50 bits per heavy atom. The van der Waals surface area contributed by atoms with Crippen molar-refractivity contribution in [3.05, 3.63) is 166 Å². The van der Waals surface area contributed by atoms with E-state index in [1.54, 1.807) is 0 Å². The van der Waals surface area contributed by atoms with Gasteiger partial charge in [-0.2, -0.15) is 0 Å². The van der Waals surface area contributed by atoms with E-state index in [9.17, 15) is 0 Å². The fourth-order valence-electron chi connectivity index (χ4n) is 7.99. The number of thiophene rings is 1. The number of fused-ring (bicyclic) bond motifs is 8. The van der Waals surface area contributed by atoms with Gasteiger partial charge in [-0.05, 0) is 70.5 Å². The SMILES string of the molecule is CC1(C)c2ccccc2-c2c1n(-c1ccccc1)c1ccc(C(c3ccccc3)c3cccc4c5c(sc34)CCC=C5)cc21. The smallest absolute Gasteiger partial charge is 0.0538 e. The Bertz CT molecular complexity index is 2240. The minimum Gasteiger partial charge on any atom is -0.312 e. The Labute approximate surface area is 262 Å². The molecule has 9 rings (SSSR count). The average Bonchev–Trinajstić information content (AvgIpc) is 3.69. The van der Waals surface area contributed by atoms with Crippen molar-refractivity contribution in [3.63, 3.8) is 0 Å². The van der Waals surface area contributed by atoms with Gasteiger partial charge in [0.1, 0.15) is 0 Å². The van der Waals surface area contributed by atoms with E-state index < -0.39 is 0 Å². The lowest BCUT2D eigenvalue weighted by atomic mass is 9.83. The second-order valence-corrected chi connectivity index (χ2v) is 13.9. The quantitative estimate of drug-likeness (QED) is 0.182. The Kier molecular flexibility index (Phi) is 5.67. The minimum atomic E-state index is -0.116. The first-order valence-corrected chi connectivity index (χ1v) is 16.5. The summed E-state index contributed by atoms with van der Waals surface area (Å²) in [6, 6.07) is 45.3. The first-order chi connectivity index (χ1) is 21.6. The summed E-state index contributed by atoms with van der Waals surface area (Å²) in [7, 11) is 0. The zero-order valence-corrected chi connectivity index (χ0v) is 25.9. The van der Waals surface area contributed by atoms with Crippen LogP contribution in [0, 0.1) is 0 Å². The van der Waals surface area contributed by atoms with Crippen molar-refractivity contribution in [2.45, 2.75) is 38.0 Å². The van der Waals surface area contributed by atoms with E-state index in [0.29, 0.717) is 0 Å². The molecule has 0 fully saturated rings. The molecule has 1 unspecified atom stereocenters. The van der Waals surface area contributed by atoms with E-state index in [1.807, 2.05) is 11.3 Å². The number of allylic oxidation sites excluding steroid dienone is 1. The molecule has 2 heteroatoms. The molecule has 0 radical (unpaired) electrons. The van der Waals surface area contributed by atoms with Crippen molar-refractivity contribution in [1.82, 2.24) is 4.57 Å². The van der Waals surface area contributed by atoms with Crippen LogP contribution in [0.5, 0.6) is 0 Å². The van der Waals surface area contributed by atoms with Crippen LogP contribution in [-0.4, -0.2) is 4.57 Å². The second kappa shape index (κ2) is 9.67. The number of hydrogen-bond acceptors (Lipinski definition) is 1. The molecule has 2 aliphatic carbocycles. The van der Waals surface area contributed by atoms with Crippen LogP contribution in [-0.2, 0) is 11.8 Å².